The molecule has 3 nitrogen and oxygen atoms in total. The molecule has 0 aliphatic heterocycles. The van der Waals surface area contributed by atoms with Crippen LogP contribution in [-0.4, -0.2) is 18.6 Å². The Labute approximate surface area is 117 Å². The molecular formula is C15H20F2N2O. The van der Waals surface area contributed by atoms with Crippen molar-refractivity contribution in [3.8, 4) is 0 Å². The predicted molar refractivity (Wildman–Crippen MR) is 73.5 cm³/mol. The third-order valence-electron chi connectivity index (χ3n) is 3.62. The number of carbonyl (C=O) groups is 1. The van der Waals surface area contributed by atoms with E-state index in [-0.39, 0.29) is 12.1 Å². The second-order valence-corrected chi connectivity index (χ2v) is 5.23. The largest absolute Gasteiger partial charge is 0.338 e. The van der Waals surface area contributed by atoms with Gasteiger partial charge in [0.1, 0.15) is 0 Å². The molecule has 1 aromatic carbocycles. The number of nitrogens with one attached hydrogen (secondary N) is 2. The molecule has 20 heavy (non-hydrogen) atoms. The van der Waals surface area contributed by atoms with Crippen LogP contribution in [0.3, 0.4) is 0 Å². The van der Waals surface area contributed by atoms with E-state index in [4.69, 9.17) is 0 Å². The molecule has 1 fully saturated rings. The van der Waals surface area contributed by atoms with Crippen LogP contribution in [0.5, 0.6) is 0 Å². The van der Waals surface area contributed by atoms with Gasteiger partial charge in [0.2, 0.25) is 0 Å². The fourth-order valence-corrected chi connectivity index (χ4v) is 2.50. The van der Waals surface area contributed by atoms with Crippen molar-refractivity contribution in [1.82, 2.24) is 10.6 Å². The number of rotatable bonds is 4. The molecule has 1 aliphatic rings. The van der Waals surface area contributed by atoms with Crippen LogP contribution in [0.1, 0.15) is 37.7 Å². The van der Waals surface area contributed by atoms with Crippen molar-refractivity contribution in [2.24, 2.45) is 0 Å². The summed E-state index contributed by atoms with van der Waals surface area (Å²) in [7, 11) is 0. The molecule has 110 valence electrons. The van der Waals surface area contributed by atoms with Crippen molar-refractivity contribution in [3.63, 3.8) is 0 Å². The summed E-state index contributed by atoms with van der Waals surface area (Å²) in [5.41, 5.74) is 0.668. The average molecular weight is 282 g/mol. The highest BCUT2D eigenvalue weighted by Gasteiger charge is 2.15. The van der Waals surface area contributed by atoms with Crippen molar-refractivity contribution < 1.29 is 13.6 Å². The van der Waals surface area contributed by atoms with Gasteiger partial charge < -0.3 is 10.6 Å². The monoisotopic (exact) mass is 282 g/mol. The number of amides is 2. The number of urea groups is 1. The van der Waals surface area contributed by atoms with Crippen molar-refractivity contribution in [2.45, 2.75) is 44.6 Å². The minimum absolute atomic E-state index is 0.181. The average Bonchev–Trinajstić information content (AvgIpc) is 2.44. The zero-order chi connectivity index (χ0) is 14.4. The van der Waals surface area contributed by atoms with Gasteiger partial charge in [-0.2, -0.15) is 0 Å². The van der Waals surface area contributed by atoms with E-state index >= 15 is 0 Å². The Balaban J connectivity index is 1.69. The number of hydrogen-bond donors (Lipinski definition) is 2. The fraction of sp³-hybridized carbons (Fsp3) is 0.533. The first kappa shape index (κ1) is 14.8. The van der Waals surface area contributed by atoms with Crippen LogP contribution in [0.15, 0.2) is 18.2 Å². The first-order valence-corrected chi connectivity index (χ1v) is 7.13. The van der Waals surface area contributed by atoms with E-state index in [2.05, 4.69) is 10.6 Å². The smallest absolute Gasteiger partial charge is 0.315 e. The van der Waals surface area contributed by atoms with Gasteiger partial charge in [-0.15, -0.1) is 0 Å². The van der Waals surface area contributed by atoms with E-state index < -0.39 is 11.6 Å². The summed E-state index contributed by atoms with van der Waals surface area (Å²) in [4.78, 5) is 11.7. The second kappa shape index (κ2) is 7.22. The molecule has 2 rings (SSSR count). The highest BCUT2D eigenvalue weighted by atomic mass is 19.2. The van der Waals surface area contributed by atoms with Gasteiger partial charge in [-0.3, -0.25) is 0 Å². The van der Waals surface area contributed by atoms with Gasteiger partial charge in [0.05, 0.1) is 0 Å². The Kier molecular flexibility index (Phi) is 5.32. The molecule has 0 unspecified atom stereocenters. The quantitative estimate of drug-likeness (QED) is 0.875. The number of halogens is 2. The van der Waals surface area contributed by atoms with E-state index in [0.29, 0.717) is 18.5 Å². The van der Waals surface area contributed by atoms with Crippen LogP contribution in [0.2, 0.25) is 0 Å². The lowest BCUT2D eigenvalue weighted by Gasteiger charge is -2.22. The summed E-state index contributed by atoms with van der Waals surface area (Å²) in [6.45, 7) is 0.406. The Hall–Kier alpha value is -1.65. The van der Waals surface area contributed by atoms with Gasteiger partial charge in [0, 0.05) is 12.6 Å². The summed E-state index contributed by atoms with van der Waals surface area (Å²) < 4.78 is 25.8. The Morgan fingerprint density at radius 2 is 1.90 bits per heavy atom. The Morgan fingerprint density at radius 1 is 1.15 bits per heavy atom. The standard InChI is InChI=1S/C15H20F2N2O/c16-13-7-6-11(10-14(13)17)8-9-18-15(20)19-12-4-2-1-3-5-12/h6-7,10,12H,1-5,8-9H2,(H2,18,19,20). The lowest BCUT2D eigenvalue weighted by molar-refractivity contribution is 0.233. The third-order valence-corrected chi connectivity index (χ3v) is 3.62. The summed E-state index contributed by atoms with van der Waals surface area (Å²) in [6, 6.07) is 3.88. The van der Waals surface area contributed by atoms with Crippen molar-refractivity contribution >= 4 is 6.03 Å². The molecule has 2 amide bonds. The third kappa shape index (κ3) is 4.47. The maximum Gasteiger partial charge on any atom is 0.315 e. The van der Waals surface area contributed by atoms with Crippen LogP contribution >= 0.6 is 0 Å². The molecule has 0 spiro atoms. The van der Waals surface area contributed by atoms with Gasteiger partial charge >= 0.3 is 6.03 Å². The van der Waals surface area contributed by atoms with Gasteiger partial charge in [-0.1, -0.05) is 25.3 Å². The molecule has 1 saturated carbocycles. The maximum absolute atomic E-state index is 13.0. The van der Waals surface area contributed by atoms with E-state index in [1.165, 1.54) is 25.3 Å². The molecule has 0 atom stereocenters. The number of benzene rings is 1. The molecule has 5 heteroatoms. The van der Waals surface area contributed by atoms with Crippen LogP contribution in [0.25, 0.3) is 0 Å². The molecule has 2 N–H and O–H groups in total. The first-order valence-electron chi connectivity index (χ1n) is 7.13. The number of carbonyl (C=O) groups excluding carboxylic acids is 1. The molecule has 1 aliphatic carbocycles. The van der Waals surface area contributed by atoms with Crippen LogP contribution in [0, 0.1) is 11.6 Å². The highest BCUT2D eigenvalue weighted by molar-refractivity contribution is 5.74. The second-order valence-electron chi connectivity index (χ2n) is 5.23. The fourth-order valence-electron chi connectivity index (χ4n) is 2.50. The first-order chi connectivity index (χ1) is 9.65. The van der Waals surface area contributed by atoms with Gasteiger partial charge in [-0.05, 0) is 37.0 Å². The van der Waals surface area contributed by atoms with E-state index in [9.17, 15) is 13.6 Å². The zero-order valence-corrected chi connectivity index (χ0v) is 11.4. The minimum atomic E-state index is -0.853. The van der Waals surface area contributed by atoms with Crippen LogP contribution in [0.4, 0.5) is 13.6 Å². The summed E-state index contributed by atoms with van der Waals surface area (Å²) in [6.07, 6.45) is 6.14. The van der Waals surface area contributed by atoms with Gasteiger partial charge in [-0.25, -0.2) is 13.6 Å². The molecule has 0 bridgehead atoms. The van der Waals surface area contributed by atoms with Gasteiger partial charge in [0.15, 0.2) is 11.6 Å². The van der Waals surface area contributed by atoms with E-state index in [0.717, 1.165) is 25.0 Å². The van der Waals surface area contributed by atoms with Crippen LogP contribution < -0.4 is 10.6 Å². The summed E-state index contributed by atoms with van der Waals surface area (Å²) in [5, 5.41) is 5.69. The van der Waals surface area contributed by atoms with Gasteiger partial charge in [0.25, 0.3) is 0 Å². The van der Waals surface area contributed by atoms with Crippen molar-refractivity contribution in [3.05, 3.63) is 35.4 Å². The maximum atomic E-state index is 13.0. The predicted octanol–water partition coefficient (Wildman–Crippen LogP) is 3.14. The topological polar surface area (TPSA) is 41.1 Å². The Bertz CT molecular complexity index is 459. The summed E-state index contributed by atoms with van der Waals surface area (Å²) in [5.74, 6) is -1.70. The lowest BCUT2D eigenvalue weighted by Crippen LogP contribution is -2.43. The molecule has 0 saturated heterocycles. The van der Waals surface area contributed by atoms with E-state index in [1.54, 1.807) is 0 Å². The normalized spacial score (nSPS) is 15.9. The van der Waals surface area contributed by atoms with Crippen LogP contribution in [-0.2, 0) is 6.42 Å². The minimum Gasteiger partial charge on any atom is -0.338 e. The van der Waals surface area contributed by atoms with Crippen molar-refractivity contribution in [1.29, 1.82) is 0 Å². The molecule has 0 aromatic heterocycles. The van der Waals surface area contributed by atoms with E-state index in [1.807, 2.05) is 0 Å². The lowest BCUT2D eigenvalue weighted by atomic mass is 9.96. The molecule has 0 radical (unpaired) electrons. The molecule has 0 heterocycles. The SMILES string of the molecule is O=C(NCCc1ccc(F)c(F)c1)NC1CCCCC1. The van der Waals surface area contributed by atoms with Crippen molar-refractivity contribution in [2.75, 3.05) is 6.54 Å². The number of hydrogen-bond acceptors (Lipinski definition) is 1. The Morgan fingerprint density at radius 3 is 2.60 bits per heavy atom. The highest BCUT2D eigenvalue weighted by Crippen LogP contribution is 2.17. The molecular weight excluding hydrogens is 262 g/mol. The zero-order valence-electron chi connectivity index (χ0n) is 11.4. The summed E-state index contributed by atoms with van der Waals surface area (Å²) >= 11 is 0. The molecule has 1 aromatic rings.